The maximum absolute atomic E-state index is 12.4. The topological polar surface area (TPSA) is 56.2 Å². The summed E-state index contributed by atoms with van der Waals surface area (Å²) in [5, 5.41) is 1.11. The summed E-state index contributed by atoms with van der Waals surface area (Å²) in [5.41, 5.74) is 3.54. The fourth-order valence-electron chi connectivity index (χ4n) is 2.60. The Labute approximate surface area is 142 Å². The van der Waals surface area contributed by atoms with Crippen molar-refractivity contribution in [3.8, 4) is 0 Å². The first kappa shape index (κ1) is 15.0. The zero-order chi connectivity index (χ0) is 16.7. The van der Waals surface area contributed by atoms with Gasteiger partial charge in [0.25, 0.3) is 5.22 Å². The summed E-state index contributed by atoms with van der Waals surface area (Å²) in [7, 11) is 0. The van der Waals surface area contributed by atoms with Crippen molar-refractivity contribution in [3.63, 3.8) is 0 Å². The van der Waals surface area contributed by atoms with Gasteiger partial charge in [-0.3, -0.25) is 4.79 Å². The van der Waals surface area contributed by atoms with Crippen LogP contribution < -0.4 is 5.43 Å². The van der Waals surface area contributed by atoms with Crippen molar-refractivity contribution in [2.75, 3.05) is 0 Å². The van der Waals surface area contributed by atoms with Gasteiger partial charge in [-0.1, -0.05) is 42.1 Å². The molecule has 0 saturated heterocycles. The van der Waals surface area contributed by atoms with Crippen molar-refractivity contribution in [3.05, 3.63) is 69.6 Å². The third-order valence-corrected chi connectivity index (χ3v) is 4.97. The van der Waals surface area contributed by atoms with E-state index in [0.29, 0.717) is 38.6 Å². The Morgan fingerprint density at radius 2 is 1.83 bits per heavy atom. The Kier molecular flexibility index (Phi) is 3.65. The maximum atomic E-state index is 12.4. The lowest BCUT2D eigenvalue weighted by atomic mass is 10.1. The van der Waals surface area contributed by atoms with E-state index in [-0.39, 0.29) is 5.43 Å². The number of hydrogen-bond acceptors (Lipinski definition) is 5. The van der Waals surface area contributed by atoms with Gasteiger partial charge in [0.2, 0.25) is 0 Å². The lowest BCUT2D eigenvalue weighted by molar-refractivity contribution is 0.489. The molecule has 0 N–H and O–H groups in total. The smallest absolute Gasteiger partial charge is 0.257 e. The molecular weight excluding hydrogens is 322 g/mol. The quantitative estimate of drug-likeness (QED) is 0.501. The molecule has 2 heterocycles. The van der Waals surface area contributed by atoms with Gasteiger partial charge >= 0.3 is 0 Å². The third-order valence-electron chi connectivity index (χ3n) is 4.07. The highest BCUT2D eigenvalue weighted by Gasteiger charge is 2.15. The normalized spacial score (nSPS) is 11.4. The van der Waals surface area contributed by atoms with Crippen LogP contribution >= 0.6 is 11.8 Å². The van der Waals surface area contributed by atoms with Crippen molar-refractivity contribution in [2.24, 2.45) is 0 Å². The number of rotatable bonds is 3. The summed E-state index contributed by atoms with van der Waals surface area (Å²) in [6.07, 6.45) is 0. The molecule has 0 radical (unpaired) electrons. The van der Waals surface area contributed by atoms with Crippen LogP contribution in [0.5, 0.6) is 0 Å². The highest BCUT2D eigenvalue weighted by molar-refractivity contribution is 7.98. The van der Waals surface area contributed by atoms with Crippen LogP contribution in [0.4, 0.5) is 0 Å². The van der Waals surface area contributed by atoms with Gasteiger partial charge in [-0.2, -0.15) is 4.98 Å². The van der Waals surface area contributed by atoms with Gasteiger partial charge in [-0.25, -0.2) is 0 Å². The van der Waals surface area contributed by atoms with E-state index in [1.807, 2.05) is 18.2 Å². The molecule has 24 heavy (non-hydrogen) atoms. The van der Waals surface area contributed by atoms with E-state index in [0.717, 1.165) is 5.75 Å². The average Bonchev–Trinajstić information content (AvgIpc) is 3.02. The molecule has 0 spiro atoms. The number of aromatic nitrogens is 1. The molecule has 0 amide bonds. The van der Waals surface area contributed by atoms with Gasteiger partial charge in [0.05, 0.1) is 5.39 Å². The second-order valence-electron chi connectivity index (χ2n) is 5.66. The van der Waals surface area contributed by atoms with E-state index in [1.165, 1.54) is 17.3 Å². The Morgan fingerprint density at radius 1 is 1.04 bits per heavy atom. The summed E-state index contributed by atoms with van der Waals surface area (Å²) >= 11 is 1.52. The summed E-state index contributed by atoms with van der Waals surface area (Å²) in [5.74, 6) is 1.38. The molecule has 4 aromatic rings. The van der Waals surface area contributed by atoms with Crippen LogP contribution in [0.1, 0.15) is 16.9 Å². The summed E-state index contributed by atoms with van der Waals surface area (Å²) in [6, 6.07) is 13.7. The Balaban J connectivity index is 1.78. The van der Waals surface area contributed by atoms with E-state index in [1.54, 1.807) is 26.0 Å². The number of thioether (sulfide) groups is 1. The van der Waals surface area contributed by atoms with Crippen molar-refractivity contribution in [1.82, 2.24) is 4.98 Å². The molecule has 2 aromatic heterocycles. The van der Waals surface area contributed by atoms with Gasteiger partial charge in [0.1, 0.15) is 5.76 Å². The largest absolute Gasteiger partial charge is 0.458 e. The monoisotopic (exact) mass is 337 g/mol. The summed E-state index contributed by atoms with van der Waals surface area (Å²) in [4.78, 5) is 16.9. The number of hydrogen-bond donors (Lipinski definition) is 0. The van der Waals surface area contributed by atoms with E-state index in [4.69, 9.17) is 8.83 Å². The molecule has 0 fully saturated rings. The maximum Gasteiger partial charge on any atom is 0.257 e. The predicted octanol–water partition coefficient (Wildman–Crippen LogP) is 4.84. The minimum absolute atomic E-state index is 0.0165. The second-order valence-corrected chi connectivity index (χ2v) is 6.58. The van der Waals surface area contributed by atoms with Gasteiger partial charge in [-0.15, -0.1) is 0 Å². The molecule has 0 aliphatic heterocycles. The molecule has 5 heteroatoms. The van der Waals surface area contributed by atoms with Crippen LogP contribution in [0.25, 0.3) is 22.1 Å². The first-order valence-electron chi connectivity index (χ1n) is 7.64. The Bertz CT molecular complexity index is 1100. The van der Waals surface area contributed by atoms with E-state index < -0.39 is 0 Å². The molecule has 4 rings (SSSR count). The number of fused-ring (bicyclic) bond motifs is 3. The number of nitrogens with zero attached hydrogens (tertiary/aromatic N) is 1. The van der Waals surface area contributed by atoms with E-state index in [2.05, 4.69) is 17.1 Å². The van der Waals surface area contributed by atoms with Gasteiger partial charge in [0.15, 0.2) is 22.1 Å². The number of oxazole rings is 1. The van der Waals surface area contributed by atoms with Crippen LogP contribution in [0, 0.1) is 13.8 Å². The predicted molar refractivity (Wildman–Crippen MR) is 95.5 cm³/mol. The Hall–Kier alpha value is -2.53. The fraction of sp³-hybridized carbons (Fsp3) is 0.158. The fourth-order valence-corrected chi connectivity index (χ4v) is 3.39. The van der Waals surface area contributed by atoms with Gasteiger partial charge in [0, 0.05) is 11.3 Å². The highest BCUT2D eigenvalue weighted by Crippen LogP contribution is 2.30. The molecule has 0 atom stereocenters. The van der Waals surface area contributed by atoms with Crippen LogP contribution in [-0.4, -0.2) is 4.98 Å². The zero-order valence-electron chi connectivity index (χ0n) is 13.3. The van der Waals surface area contributed by atoms with E-state index in [9.17, 15) is 4.79 Å². The lowest BCUT2D eigenvalue weighted by Gasteiger charge is -2.02. The molecular formula is C19H15NO3S. The zero-order valence-corrected chi connectivity index (χ0v) is 14.1. The average molecular weight is 337 g/mol. The molecule has 4 nitrogen and oxygen atoms in total. The van der Waals surface area contributed by atoms with Gasteiger partial charge in [-0.05, 0) is 31.5 Å². The number of aryl methyl sites for hydroxylation is 1. The third kappa shape index (κ3) is 2.51. The van der Waals surface area contributed by atoms with Gasteiger partial charge < -0.3 is 8.83 Å². The minimum Gasteiger partial charge on any atom is -0.458 e. The van der Waals surface area contributed by atoms with Crippen molar-refractivity contribution in [2.45, 2.75) is 24.8 Å². The molecule has 0 bridgehead atoms. The molecule has 0 aliphatic carbocycles. The summed E-state index contributed by atoms with van der Waals surface area (Å²) in [6.45, 7) is 3.56. The van der Waals surface area contributed by atoms with Crippen LogP contribution in [0.15, 0.2) is 61.3 Å². The molecule has 0 aliphatic rings. The first-order valence-corrected chi connectivity index (χ1v) is 8.62. The first-order chi connectivity index (χ1) is 11.6. The van der Waals surface area contributed by atoms with Crippen LogP contribution in [0.3, 0.4) is 0 Å². The minimum atomic E-state index is -0.0165. The second kappa shape index (κ2) is 5.83. The van der Waals surface area contributed by atoms with Crippen LogP contribution in [0.2, 0.25) is 0 Å². The van der Waals surface area contributed by atoms with Crippen molar-refractivity contribution < 1.29 is 8.83 Å². The summed E-state index contributed by atoms with van der Waals surface area (Å²) < 4.78 is 11.6. The molecule has 0 unspecified atom stereocenters. The molecule has 0 saturated carbocycles. The van der Waals surface area contributed by atoms with Crippen molar-refractivity contribution in [1.29, 1.82) is 0 Å². The standard InChI is InChI=1S/C19H15NO3S/c1-11-12(2)22-18-14(17(11)21)8-9-15-16(18)20-19(23-15)24-10-13-6-4-3-5-7-13/h3-9H,10H2,1-2H3. The SMILES string of the molecule is Cc1oc2c(ccc3oc(SCc4ccccc4)nc32)c(=O)c1C. The number of benzene rings is 2. The molecule has 120 valence electrons. The lowest BCUT2D eigenvalue weighted by Crippen LogP contribution is -2.07. The Morgan fingerprint density at radius 3 is 2.62 bits per heavy atom. The van der Waals surface area contributed by atoms with E-state index >= 15 is 0 Å². The highest BCUT2D eigenvalue weighted by atomic mass is 32.2. The van der Waals surface area contributed by atoms with Crippen molar-refractivity contribution >= 4 is 33.8 Å². The molecule has 2 aromatic carbocycles. The van der Waals surface area contributed by atoms with Crippen LogP contribution in [-0.2, 0) is 5.75 Å².